The first-order valence-electron chi connectivity index (χ1n) is 26.3. The summed E-state index contributed by atoms with van der Waals surface area (Å²) in [7, 11) is 0. The molecule has 0 aliphatic heterocycles. The second-order valence-corrected chi connectivity index (χ2v) is 25.0. The highest BCUT2D eigenvalue weighted by Gasteiger charge is 2.38. The summed E-state index contributed by atoms with van der Waals surface area (Å²) >= 11 is 0. The zero-order valence-corrected chi connectivity index (χ0v) is 44.8. The lowest BCUT2D eigenvalue weighted by Gasteiger charge is -2.44. The van der Waals surface area contributed by atoms with Crippen LogP contribution >= 0.6 is 0 Å². The van der Waals surface area contributed by atoms with Crippen molar-refractivity contribution in [3.8, 4) is 0 Å². The number of hydrogen-bond donors (Lipinski definition) is 0. The molecule has 0 aromatic rings. The maximum atomic E-state index is 11.2. The molecule has 0 saturated heterocycles. The largest absolute Gasteiger partial charge is 0.300 e. The van der Waals surface area contributed by atoms with Crippen LogP contribution in [0.3, 0.4) is 0 Å². The van der Waals surface area contributed by atoms with Gasteiger partial charge < -0.3 is 14.4 Å². The first kappa shape index (κ1) is 59.8. The average molecular weight is 856 g/mol. The number of carbonyl (C=O) groups excluding carboxylic acids is 3. The highest BCUT2D eigenvalue weighted by atomic mass is 16.1. The summed E-state index contributed by atoms with van der Waals surface area (Å²) in [4.78, 5) is 32.5. The number of unbranched alkanes of at least 4 members (excludes halogenated alkanes) is 6. The summed E-state index contributed by atoms with van der Waals surface area (Å²) in [5.74, 6) is 6.89. The molecule has 0 aromatic heterocycles. The number of allylic oxidation sites excluding steroid dienone is 2. The molecule has 2 fully saturated rings. The van der Waals surface area contributed by atoms with Gasteiger partial charge in [0.2, 0.25) is 0 Å². The number of Topliss-reactive ketones (excluding diaryl/α,β-unsaturated/α-hetero) is 3. The fourth-order valence-corrected chi connectivity index (χ4v) is 10.2. The van der Waals surface area contributed by atoms with Gasteiger partial charge in [-0.1, -0.05) is 179 Å². The Hall–Kier alpha value is -1.25. The molecule has 3 heteroatoms. The minimum absolute atomic E-state index is 0.293. The first-order chi connectivity index (χ1) is 28.1. The quantitative estimate of drug-likeness (QED) is 0.0582. The van der Waals surface area contributed by atoms with Crippen LogP contribution in [0.4, 0.5) is 0 Å². The van der Waals surface area contributed by atoms with Crippen LogP contribution in [0.15, 0.2) is 11.6 Å². The van der Waals surface area contributed by atoms with Crippen molar-refractivity contribution in [1.29, 1.82) is 0 Å². The van der Waals surface area contributed by atoms with Crippen molar-refractivity contribution in [2.45, 2.75) is 279 Å². The van der Waals surface area contributed by atoms with Crippen molar-refractivity contribution in [3.63, 3.8) is 0 Å². The van der Waals surface area contributed by atoms with E-state index in [4.69, 9.17) is 0 Å². The molecule has 360 valence electrons. The lowest BCUT2D eigenvalue weighted by Crippen LogP contribution is -2.33. The molecule has 0 bridgehead atoms. The molecule has 0 N–H and O–H groups in total. The Balaban J connectivity index is 0.000000927. The molecule has 0 aromatic carbocycles. The lowest BCUT2D eigenvalue weighted by molar-refractivity contribution is -0.118. The van der Waals surface area contributed by atoms with Crippen molar-refractivity contribution in [1.82, 2.24) is 0 Å². The molecule has 5 atom stereocenters. The van der Waals surface area contributed by atoms with E-state index >= 15 is 0 Å². The van der Waals surface area contributed by atoms with Gasteiger partial charge in [-0.2, -0.15) is 0 Å². The van der Waals surface area contributed by atoms with Crippen LogP contribution in [0, 0.1) is 63.1 Å². The van der Waals surface area contributed by atoms with Gasteiger partial charge >= 0.3 is 0 Å². The Labute approximate surface area is 383 Å². The number of hydrogen-bond acceptors (Lipinski definition) is 3. The molecule has 2 rings (SSSR count). The van der Waals surface area contributed by atoms with Crippen molar-refractivity contribution in [2.75, 3.05) is 0 Å². The van der Waals surface area contributed by atoms with Gasteiger partial charge in [0.05, 0.1) is 0 Å². The topological polar surface area (TPSA) is 51.2 Å². The molecule has 2 aliphatic rings. The number of rotatable bonds is 28. The second kappa shape index (κ2) is 30.0. The van der Waals surface area contributed by atoms with E-state index in [-0.39, 0.29) is 0 Å². The molecule has 2 aliphatic carbocycles. The molecule has 0 amide bonds. The Morgan fingerprint density at radius 3 is 1.23 bits per heavy atom. The van der Waals surface area contributed by atoms with Gasteiger partial charge in [-0.15, -0.1) is 0 Å². The van der Waals surface area contributed by atoms with Crippen LogP contribution in [0.1, 0.15) is 279 Å². The molecule has 61 heavy (non-hydrogen) atoms. The zero-order valence-electron chi connectivity index (χ0n) is 44.8. The summed E-state index contributed by atoms with van der Waals surface area (Å²) in [5, 5.41) is 0. The van der Waals surface area contributed by atoms with Crippen molar-refractivity contribution < 1.29 is 14.4 Å². The van der Waals surface area contributed by atoms with Gasteiger partial charge in [-0.25, -0.2) is 0 Å². The Morgan fingerprint density at radius 2 is 0.918 bits per heavy atom. The van der Waals surface area contributed by atoms with E-state index in [0.29, 0.717) is 44.9 Å². The van der Waals surface area contributed by atoms with Crippen LogP contribution in [-0.2, 0) is 14.4 Å². The van der Waals surface area contributed by atoms with Crippen LogP contribution < -0.4 is 0 Å². The van der Waals surface area contributed by atoms with Crippen LogP contribution in [-0.4, -0.2) is 17.3 Å². The van der Waals surface area contributed by atoms with Crippen molar-refractivity contribution in [2.24, 2.45) is 63.1 Å². The molecule has 3 nitrogen and oxygen atoms in total. The molecule has 0 radical (unpaired) electrons. The summed E-state index contributed by atoms with van der Waals surface area (Å²) in [6, 6.07) is 0. The zero-order chi connectivity index (χ0) is 47.0. The third-order valence-corrected chi connectivity index (χ3v) is 15.4. The third-order valence-electron chi connectivity index (χ3n) is 15.4. The van der Waals surface area contributed by atoms with E-state index in [0.717, 1.165) is 86.9 Å². The minimum Gasteiger partial charge on any atom is -0.300 e. The standard InChI is InChI=1S/C26H50.C20H38O.C12H22O2/c1-10-12-14-20(3)22(11-2)17-21(4)26(8,9)19-24(18-25(5,6)7)23-15-13-16-23;1-15(11-12-16(2)21)20(6,7)14-18(13-19(3,4)5)17-9-8-10-17;1-11(13)9-7-5-3-4-6-8-10-12(2)14/h14,21-24H,10-13,15-19H2,1-9H3;15,17-18H,8-14H2,1-7H3;3-10H2,1-2H3/b20-14+;;. The Morgan fingerprint density at radius 1 is 0.541 bits per heavy atom. The van der Waals surface area contributed by atoms with E-state index in [9.17, 15) is 14.4 Å². The fraction of sp³-hybridized carbons (Fsp3) is 0.914. The van der Waals surface area contributed by atoms with Crippen LogP contribution in [0.25, 0.3) is 0 Å². The number of ketones is 3. The number of carbonyl (C=O) groups is 3. The molecule has 2 saturated carbocycles. The van der Waals surface area contributed by atoms with E-state index < -0.39 is 0 Å². The predicted molar refractivity (Wildman–Crippen MR) is 270 cm³/mol. The molecule has 0 heterocycles. The highest BCUT2D eigenvalue weighted by molar-refractivity contribution is 5.75. The maximum Gasteiger partial charge on any atom is 0.129 e. The summed E-state index contributed by atoms with van der Waals surface area (Å²) in [6.45, 7) is 41.3. The second-order valence-electron chi connectivity index (χ2n) is 25.0. The van der Waals surface area contributed by atoms with Gasteiger partial charge in [-0.3, -0.25) is 0 Å². The van der Waals surface area contributed by atoms with Gasteiger partial charge in [0.25, 0.3) is 0 Å². The van der Waals surface area contributed by atoms with Gasteiger partial charge in [0.15, 0.2) is 0 Å². The predicted octanol–water partition coefficient (Wildman–Crippen LogP) is 18.6. The van der Waals surface area contributed by atoms with Gasteiger partial charge in [-0.05, 0) is 155 Å². The van der Waals surface area contributed by atoms with Crippen molar-refractivity contribution in [3.05, 3.63) is 11.6 Å². The van der Waals surface area contributed by atoms with E-state index in [2.05, 4.69) is 110 Å². The summed E-state index contributed by atoms with van der Waals surface area (Å²) in [6.07, 6.45) is 32.0. The van der Waals surface area contributed by atoms with Gasteiger partial charge in [0.1, 0.15) is 17.3 Å². The Bertz CT molecular complexity index is 1190. The highest BCUT2D eigenvalue weighted by Crippen LogP contribution is 2.49. The smallest absolute Gasteiger partial charge is 0.129 e. The minimum atomic E-state index is 0.293. The SMILES string of the molecule is CC(=O)CCC(C)C(C)(C)CC(CC(C)(C)C)C1CCC1.CC(=O)CCCCCCCCC(C)=O.CCC/C=C(\C)C(CC)CC(C)C(C)(C)CC(CC(C)(C)C)C1CCC1. The van der Waals surface area contributed by atoms with E-state index in [1.165, 1.54) is 103 Å². The van der Waals surface area contributed by atoms with Crippen LogP contribution in [0.5, 0.6) is 0 Å². The summed E-state index contributed by atoms with van der Waals surface area (Å²) < 4.78 is 0. The maximum absolute atomic E-state index is 11.2. The van der Waals surface area contributed by atoms with Gasteiger partial charge in [0, 0.05) is 19.3 Å². The monoisotopic (exact) mass is 855 g/mol. The lowest BCUT2D eigenvalue weighted by atomic mass is 9.62. The van der Waals surface area contributed by atoms with Crippen molar-refractivity contribution >= 4 is 17.3 Å². The molecular formula is C58H110O3. The van der Waals surface area contributed by atoms with E-state index in [1.54, 1.807) is 26.3 Å². The normalized spacial score (nSPS) is 18.0. The fourth-order valence-electron chi connectivity index (χ4n) is 10.2. The third kappa shape index (κ3) is 29.0. The molecule has 5 unspecified atom stereocenters. The first-order valence-corrected chi connectivity index (χ1v) is 26.3. The van der Waals surface area contributed by atoms with Crippen LogP contribution in [0.2, 0.25) is 0 Å². The Kier molecular flexibility index (Phi) is 29.4. The summed E-state index contributed by atoms with van der Waals surface area (Å²) in [5.41, 5.74) is 3.33. The van der Waals surface area contributed by atoms with E-state index in [1.807, 2.05) is 0 Å². The molecular weight excluding hydrogens is 745 g/mol. The molecule has 0 spiro atoms. The average Bonchev–Trinajstić information content (AvgIpc) is 3.06.